The van der Waals surface area contributed by atoms with E-state index in [1.54, 1.807) is 36.2 Å². The Morgan fingerprint density at radius 3 is 2.48 bits per heavy atom. The van der Waals surface area contributed by atoms with Gasteiger partial charge in [-0.25, -0.2) is 8.42 Å². The van der Waals surface area contributed by atoms with Gasteiger partial charge in [-0.05, 0) is 36.2 Å². The van der Waals surface area contributed by atoms with Gasteiger partial charge >= 0.3 is 0 Å². The van der Waals surface area contributed by atoms with E-state index in [2.05, 4.69) is 0 Å². The third-order valence-corrected chi connectivity index (χ3v) is 4.46. The SMILES string of the molecule is CN(CCCOc1ccccc1)C(=O)c1cccc(CS(C)(=O)=O)c1. The Balaban J connectivity index is 1.86. The minimum atomic E-state index is -3.13. The number of ether oxygens (including phenoxy) is 1. The highest BCUT2D eigenvalue weighted by Crippen LogP contribution is 2.12. The summed E-state index contributed by atoms with van der Waals surface area (Å²) >= 11 is 0. The number of benzene rings is 2. The highest BCUT2D eigenvalue weighted by Gasteiger charge is 2.13. The van der Waals surface area contributed by atoms with Gasteiger partial charge in [-0.3, -0.25) is 4.79 Å². The van der Waals surface area contributed by atoms with Crippen LogP contribution < -0.4 is 4.74 Å². The van der Waals surface area contributed by atoms with E-state index in [0.717, 1.165) is 5.75 Å². The van der Waals surface area contributed by atoms with E-state index in [0.29, 0.717) is 30.7 Å². The highest BCUT2D eigenvalue weighted by molar-refractivity contribution is 7.89. The number of hydrogen-bond acceptors (Lipinski definition) is 4. The lowest BCUT2D eigenvalue weighted by Gasteiger charge is -2.17. The number of para-hydroxylation sites is 1. The van der Waals surface area contributed by atoms with Gasteiger partial charge in [-0.2, -0.15) is 0 Å². The Morgan fingerprint density at radius 1 is 1.08 bits per heavy atom. The molecule has 0 bridgehead atoms. The van der Waals surface area contributed by atoms with Crippen molar-refractivity contribution in [1.29, 1.82) is 0 Å². The third-order valence-electron chi connectivity index (χ3n) is 3.60. The molecule has 2 rings (SSSR count). The topological polar surface area (TPSA) is 63.7 Å². The molecule has 0 atom stereocenters. The minimum absolute atomic E-state index is 0.0667. The van der Waals surface area contributed by atoms with Crippen LogP contribution in [-0.4, -0.2) is 45.7 Å². The third kappa shape index (κ3) is 6.58. The molecule has 1 amide bonds. The summed E-state index contributed by atoms with van der Waals surface area (Å²) in [4.78, 5) is 14.1. The molecular weight excluding hydrogens is 338 g/mol. The normalized spacial score (nSPS) is 11.1. The number of amides is 1. The maximum Gasteiger partial charge on any atom is 0.253 e. The summed E-state index contributed by atoms with van der Waals surface area (Å²) in [6.45, 7) is 1.08. The minimum Gasteiger partial charge on any atom is -0.494 e. The molecule has 0 radical (unpaired) electrons. The lowest BCUT2D eigenvalue weighted by Crippen LogP contribution is -2.28. The molecule has 0 aliphatic heterocycles. The molecule has 0 saturated carbocycles. The lowest BCUT2D eigenvalue weighted by molar-refractivity contribution is 0.0787. The van der Waals surface area contributed by atoms with Crippen molar-refractivity contribution < 1.29 is 17.9 Å². The summed E-state index contributed by atoms with van der Waals surface area (Å²) in [6.07, 6.45) is 1.89. The first-order valence-corrected chi connectivity index (χ1v) is 10.1. The van der Waals surface area contributed by atoms with Crippen molar-refractivity contribution >= 4 is 15.7 Å². The largest absolute Gasteiger partial charge is 0.494 e. The van der Waals surface area contributed by atoms with E-state index in [1.807, 2.05) is 30.3 Å². The lowest BCUT2D eigenvalue weighted by atomic mass is 10.1. The molecule has 0 saturated heterocycles. The average Bonchev–Trinajstić information content (AvgIpc) is 2.57. The average molecular weight is 361 g/mol. The molecule has 2 aromatic rings. The fraction of sp³-hybridized carbons (Fsp3) is 0.316. The molecule has 134 valence electrons. The summed E-state index contributed by atoms with van der Waals surface area (Å²) in [6, 6.07) is 16.3. The van der Waals surface area contributed by atoms with Crippen molar-refractivity contribution in [3.63, 3.8) is 0 Å². The number of nitrogens with zero attached hydrogens (tertiary/aromatic N) is 1. The van der Waals surface area contributed by atoms with E-state index in [9.17, 15) is 13.2 Å². The summed E-state index contributed by atoms with van der Waals surface area (Å²) in [7, 11) is -1.40. The second-order valence-electron chi connectivity index (χ2n) is 6.01. The van der Waals surface area contributed by atoms with Gasteiger partial charge in [0, 0.05) is 25.4 Å². The number of rotatable bonds is 8. The highest BCUT2D eigenvalue weighted by atomic mass is 32.2. The fourth-order valence-electron chi connectivity index (χ4n) is 2.43. The number of carbonyl (C=O) groups is 1. The van der Waals surface area contributed by atoms with Gasteiger partial charge in [0.2, 0.25) is 0 Å². The Labute approximate surface area is 149 Å². The van der Waals surface area contributed by atoms with Crippen LogP contribution in [0, 0.1) is 0 Å². The molecule has 0 fully saturated rings. The van der Waals surface area contributed by atoms with E-state index >= 15 is 0 Å². The summed E-state index contributed by atoms with van der Waals surface area (Å²) in [5, 5.41) is 0. The zero-order valence-electron chi connectivity index (χ0n) is 14.5. The van der Waals surface area contributed by atoms with Crippen LogP contribution in [0.25, 0.3) is 0 Å². The van der Waals surface area contributed by atoms with Crippen LogP contribution in [0.1, 0.15) is 22.3 Å². The smallest absolute Gasteiger partial charge is 0.253 e. The van der Waals surface area contributed by atoms with Crippen LogP contribution >= 0.6 is 0 Å². The molecule has 25 heavy (non-hydrogen) atoms. The van der Waals surface area contributed by atoms with Crippen molar-refractivity contribution in [2.24, 2.45) is 0 Å². The first-order chi connectivity index (χ1) is 11.8. The van der Waals surface area contributed by atoms with Crippen molar-refractivity contribution in [1.82, 2.24) is 4.90 Å². The Bertz CT molecular complexity index is 803. The predicted molar refractivity (Wildman–Crippen MR) is 98.5 cm³/mol. The van der Waals surface area contributed by atoms with Gasteiger partial charge in [0.1, 0.15) is 5.75 Å². The molecule has 5 nitrogen and oxygen atoms in total. The van der Waals surface area contributed by atoms with Crippen LogP contribution in [0.4, 0.5) is 0 Å². The van der Waals surface area contributed by atoms with Crippen molar-refractivity contribution in [3.8, 4) is 5.75 Å². The molecule has 0 aliphatic carbocycles. The van der Waals surface area contributed by atoms with Crippen LogP contribution in [0.5, 0.6) is 5.75 Å². The summed E-state index contributed by atoms with van der Waals surface area (Å²) in [5.41, 5.74) is 1.11. The molecule has 0 spiro atoms. The molecule has 0 N–H and O–H groups in total. The Hall–Kier alpha value is -2.34. The maximum absolute atomic E-state index is 12.5. The molecule has 0 aromatic heterocycles. The molecule has 0 heterocycles. The van der Waals surface area contributed by atoms with Gasteiger partial charge in [-0.15, -0.1) is 0 Å². The van der Waals surface area contributed by atoms with Crippen LogP contribution in [0.2, 0.25) is 0 Å². The summed E-state index contributed by atoms with van der Waals surface area (Å²) in [5.74, 6) is 0.614. The van der Waals surface area contributed by atoms with Gasteiger partial charge in [-0.1, -0.05) is 30.3 Å². The van der Waals surface area contributed by atoms with E-state index in [-0.39, 0.29) is 11.7 Å². The van der Waals surface area contributed by atoms with Crippen molar-refractivity contribution in [2.75, 3.05) is 26.5 Å². The Kier molecular flexibility index (Phi) is 6.58. The van der Waals surface area contributed by atoms with Crippen LogP contribution in [0.3, 0.4) is 0 Å². The maximum atomic E-state index is 12.5. The van der Waals surface area contributed by atoms with Crippen LogP contribution in [-0.2, 0) is 15.6 Å². The zero-order valence-corrected chi connectivity index (χ0v) is 15.3. The first kappa shape index (κ1) is 19.0. The van der Waals surface area contributed by atoms with Gasteiger partial charge < -0.3 is 9.64 Å². The fourth-order valence-corrected chi connectivity index (χ4v) is 3.21. The van der Waals surface area contributed by atoms with E-state index < -0.39 is 9.84 Å². The summed E-state index contributed by atoms with van der Waals surface area (Å²) < 4.78 is 28.4. The van der Waals surface area contributed by atoms with Gasteiger partial charge in [0.05, 0.1) is 12.4 Å². The van der Waals surface area contributed by atoms with E-state index in [4.69, 9.17) is 4.74 Å². The quantitative estimate of drug-likeness (QED) is 0.678. The molecule has 0 unspecified atom stereocenters. The number of carbonyl (C=O) groups excluding carboxylic acids is 1. The molecular formula is C19H23NO4S. The van der Waals surface area contributed by atoms with Crippen molar-refractivity contribution in [2.45, 2.75) is 12.2 Å². The van der Waals surface area contributed by atoms with Crippen LogP contribution in [0.15, 0.2) is 54.6 Å². The molecule has 0 aliphatic rings. The Morgan fingerprint density at radius 2 is 1.80 bits per heavy atom. The zero-order chi connectivity index (χ0) is 18.3. The molecule has 6 heteroatoms. The number of hydrogen-bond donors (Lipinski definition) is 0. The second kappa shape index (κ2) is 8.67. The predicted octanol–water partition coefficient (Wildman–Crippen LogP) is 2.77. The van der Waals surface area contributed by atoms with E-state index in [1.165, 1.54) is 6.26 Å². The van der Waals surface area contributed by atoms with Gasteiger partial charge in [0.25, 0.3) is 5.91 Å². The standard InChI is InChI=1S/C19H23NO4S/c1-20(12-7-13-24-18-10-4-3-5-11-18)19(21)17-9-6-8-16(14-17)15-25(2,22)23/h3-6,8-11,14H,7,12-13,15H2,1-2H3. The van der Waals surface area contributed by atoms with Crippen molar-refractivity contribution in [3.05, 3.63) is 65.7 Å². The number of sulfone groups is 1. The molecule has 2 aromatic carbocycles. The second-order valence-corrected chi connectivity index (χ2v) is 8.15. The van der Waals surface area contributed by atoms with Gasteiger partial charge in [0.15, 0.2) is 9.84 Å². The monoisotopic (exact) mass is 361 g/mol. The first-order valence-electron chi connectivity index (χ1n) is 8.05.